The molecule has 0 heterocycles. The van der Waals surface area contributed by atoms with Crippen LogP contribution < -0.4 is 0 Å². The van der Waals surface area contributed by atoms with Crippen LogP contribution in [-0.2, 0) is 25.7 Å². The lowest BCUT2D eigenvalue weighted by Crippen LogP contribution is -2.23. The van der Waals surface area contributed by atoms with Crippen LogP contribution in [-0.4, -0.2) is 0 Å². The first-order chi connectivity index (χ1) is 20.7. The number of halogens is 6. The monoisotopic (exact) mass is 597 g/mol. The van der Waals surface area contributed by atoms with E-state index in [9.17, 15) is 13.2 Å². The molecule has 228 valence electrons. The van der Waals surface area contributed by atoms with Crippen LogP contribution >= 0.6 is 0 Å². The first-order valence-corrected chi connectivity index (χ1v) is 15.6. The first kappa shape index (κ1) is 31.2. The minimum absolute atomic E-state index is 0.000202. The molecule has 0 aliphatic heterocycles. The van der Waals surface area contributed by atoms with Crippen molar-refractivity contribution in [1.82, 2.24) is 0 Å². The molecule has 2 aliphatic carbocycles. The minimum Gasteiger partial charge on any atom is -0.207 e. The van der Waals surface area contributed by atoms with Crippen LogP contribution in [0, 0.1) is 52.2 Å². The van der Waals surface area contributed by atoms with E-state index in [1.807, 2.05) is 0 Å². The van der Waals surface area contributed by atoms with Crippen molar-refractivity contribution < 1.29 is 26.3 Å². The average molecular weight is 598 g/mol. The maximum atomic E-state index is 15.8. The zero-order valence-electron chi connectivity index (χ0n) is 24.5. The Morgan fingerprint density at radius 3 is 2.09 bits per heavy atom. The highest BCUT2D eigenvalue weighted by molar-refractivity contribution is 5.41. The Kier molecular flexibility index (Phi) is 9.84. The molecule has 5 rings (SSSR count). The van der Waals surface area contributed by atoms with Crippen LogP contribution in [0.5, 0.6) is 0 Å². The average Bonchev–Trinajstić information content (AvgIpc) is 3.00. The summed E-state index contributed by atoms with van der Waals surface area (Å²) in [5.74, 6) is -5.17. The highest BCUT2D eigenvalue weighted by atomic mass is 19.2. The quantitative estimate of drug-likeness (QED) is 0.137. The molecule has 0 aromatic heterocycles. The van der Waals surface area contributed by atoms with E-state index in [0.717, 1.165) is 24.8 Å². The Morgan fingerprint density at radius 2 is 1.44 bits per heavy atom. The van der Waals surface area contributed by atoms with E-state index in [-0.39, 0.29) is 58.9 Å². The SMILES string of the molecule is CCCCCc1cc(F)c(CCC2CCc3c(F)c(C4CCC(c5ccc(C#N)c(F)c5)CC4)c(F)c(F)c3C2)c(F)c1. The molecule has 0 bridgehead atoms. The molecule has 7 heteroatoms. The van der Waals surface area contributed by atoms with Crippen LogP contribution in [0.1, 0.15) is 115 Å². The molecule has 43 heavy (non-hydrogen) atoms. The third kappa shape index (κ3) is 6.64. The summed E-state index contributed by atoms with van der Waals surface area (Å²) < 4.78 is 90.3. The zero-order valence-corrected chi connectivity index (χ0v) is 24.5. The molecule has 3 aromatic rings. The molecular weight excluding hydrogens is 560 g/mol. The predicted octanol–water partition coefficient (Wildman–Crippen LogP) is 10.3. The number of hydrogen-bond acceptors (Lipinski definition) is 1. The van der Waals surface area contributed by atoms with Gasteiger partial charge in [-0.3, -0.25) is 0 Å². The fourth-order valence-corrected chi connectivity index (χ4v) is 7.15. The maximum absolute atomic E-state index is 15.8. The van der Waals surface area contributed by atoms with Gasteiger partial charge in [-0.2, -0.15) is 5.26 Å². The molecule has 0 radical (unpaired) electrons. The van der Waals surface area contributed by atoms with Crippen LogP contribution in [0.25, 0.3) is 0 Å². The van der Waals surface area contributed by atoms with E-state index in [4.69, 9.17) is 5.26 Å². The van der Waals surface area contributed by atoms with Crippen molar-refractivity contribution in [2.45, 2.75) is 102 Å². The third-order valence-corrected chi connectivity index (χ3v) is 9.65. The van der Waals surface area contributed by atoms with Gasteiger partial charge in [0.2, 0.25) is 0 Å². The Morgan fingerprint density at radius 1 is 0.744 bits per heavy atom. The second-order valence-electron chi connectivity index (χ2n) is 12.4. The number of unbranched alkanes of at least 4 members (excludes halogenated alkanes) is 2. The van der Waals surface area contributed by atoms with E-state index in [2.05, 4.69) is 6.92 Å². The van der Waals surface area contributed by atoms with Gasteiger partial charge in [0, 0.05) is 11.1 Å². The van der Waals surface area contributed by atoms with Crippen molar-refractivity contribution in [2.24, 2.45) is 5.92 Å². The van der Waals surface area contributed by atoms with Gasteiger partial charge in [-0.15, -0.1) is 0 Å². The van der Waals surface area contributed by atoms with E-state index in [1.54, 1.807) is 12.1 Å². The first-order valence-electron chi connectivity index (χ1n) is 15.6. The standard InChI is InChI=1S/C36H37F6N/c1-2-3-4-5-22-17-31(38)28(32(39)18-22)15-7-21-6-14-27-29(16-21)35(41)36(42)33(34(27)40)24-10-8-23(9-11-24)25-12-13-26(20-43)30(37)19-25/h12-13,17-19,21,23-24H,2-11,14-16H2,1H3. The number of fused-ring (bicyclic) bond motifs is 1. The van der Waals surface area contributed by atoms with Crippen molar-refractivity contribution >= 4 is 0 Å². The molecule has 0 saturated heterocycles. The molecule has 1 fully saturated rings. The lowest BCUT2D eigenvalue weighted by Gasteiger charge is -2.32. The summed E-state index contributed by atoms with van der Waals surface area (Å²) in [5.41, 5.74) is 1.44. The second-order valence-corrected chi connectivity index (χ2v) is 12.4. The maximum Gasteiger partial charge on any atom is 0.165 e. The predicted molar refractivity (Wildman–Crippen MR) is 155 cm³/mol. The molecule has 3 aromatic carbocycles. The van der Waals surface area contributed by atoms with Gasteiger partial charge in [0.15, 0.2) is 11.6 Å². The molecule has 1 saturated carbocycles. The number of rotatable bonds is 9. The molecule has 2 aliphatic rings. The molecule has 1 atom stereocenters. The second kappa shape index (κ2) is 13.6. The van der Waals surface area contributed by atoms with Gasteiger partial charge in [-0.1, -0.05) is 25.8 Å². The Labute approximate surface area is 249 Å². The molecule has 0 amide bonds. The smallest absolute Gasteiger partial charge is 0.165 e. The molecular formula is C36H37F6N. The molecule has 1 unspecified atom stereocenters. The fourth-order valence-electron chi connectivity index (χ4n) is 7.15. The van der Waals surface area contributed by atoms with Crippen LogP contribution in [0.4, 0.5) is 26.3 Å². The molecule has 0 spiro atoms. The number of benzene rings is 3. The fraction of sp³-hybridized carbons (Fsp3) is 0.472. The lowest BCUT2D eigenvalue weighted by molar-refractivity contribution is 0.353. The minimum atomic E-state index is -1.14. The van der Waals surface area contributed by atoms with Crippen molar-refractivity contribution in [3.05, 3.63) is 104 Å². The van der Waals surface area contributed by atoms with Crippen molar-refractivity contribution in [2.75, 3.05) is 0 Å². The van der Waals surface area contributed by atoms with Gasteiger partial charge in [0.1, 0.15) is 29.3 Å². The zero-order chi connectivity index (χ0) is 30.7. The molecule has 0 N–H and O–H groups in total. The Balaban J connectivity index is 1.25. The highest BCUT2D eigenvalue weighted by Gasteiger charge is 2.34. The topological polar surface area (TPSA) is 23.8 Å². The number of hydrogen-bond donors (Lipinski definition) is 0. The summed E-state index contributed by atoms with van der Waals surface area (Å²) in [6.07, 6.45) is 6.99. The van der Waals surface area contributed by atoms with E-state index < -0.39 is 40.8 Å². The van der Waals surface area contributed by atoms with Crippen LogP contribution in [0.2, 0.25) is 0 Å². The van der Waals surface area contributed by atoms with Crippen molar-refractivity contribution in [1.29, 1.82) is 5.26 Å². The van der Waals surface area contributed by atoms with E-state index >= 15 is 13.2 Å². The summed E-state index contributed by atoms with van der Waals surface area (Å²) in [5, 5.41) is 8.96. The van der Waals surface area contributed by atoms with Crippen molar-refractivity contribution in [3.63, 3.8) is 0 Å². The Hall–Kier alpha value is -3.27. The number of nitriles is 1. The van der Waals surface area contributed by atoms with Gasteiger partial charge in [-0.25, -0.2) is 26.3 Å². The normalized spacial score (nSPS) is 20.1. The van der Waals surface area contributed by atoms with Gasteiger partial charge in [0.05, 0.1) is 5.56 Å². The van der Waals surface area contributed by atoms with Crippen LogP contribution in [0.15, 0.2) is 30.3 Å². The summed E-state index contributed by atoms with van der Waals surface area (Å²) >= 11 is 0. The van der Waals surface area contributed by atoms with Crippen molar-refractivity contribution in [3.8, 4) is 6.07 Å². The Bertz CT molecular complexity index is 1490. The lowest BCUT2D eigenvalue weighted by atomic mass is 9.73. The van der Waals surface area contributed by atoms with Gasteiger partial charge < -0.3 is 0 Å². The van der Waals surface area contributed by atoms with Crippen LogP contribution in [0.3, 0.4) is 0 Å². The highest BCUT2D eigenvalue weighted by Crippen LogP contribution is 2.45. The van der Waals surface area contributed by atoms with Gasteiger partial charge in [0.25, 0.3) is 0 Å². The van der Waals surface area contributed by atoms with E-state index in [1.165, 1.54) is 24.3 Å². The van der Waals surface area contributed by atoms with Gasteiger partial charge >= 0.3 is 0 Å². The molecule has 1 nitrogen and oxygen atoms in total. The largest absolute Gasteiger partial charge is 0.207 e. The summed E-state index contributed by atoms with van der Waals surface area (Å²) in [6.45, 7) is 2.07. The van der Waals surface area contributed by atoms with Gasteiger partial charge in [-0.05, 0) is 135 Å². The summed E-state index contributed by atoms with van der Waals surface area (Å²) in [7, 11) is 0. The summed E-state index contributed by atoms with van der Waals surface area (Å²) in [4.78, 5) is 0. The summed E-state index contributed by atoms with van der Waals surface area (Å²) in [6, 6.07) is 9.11. The number of nitrogens with zero attached hydrogens (tertiary/aromatic N) is 1. The van der Waals surface area contributed by atoms with E-state index in [0.29, 0.717) is 50.5 Å². The number of aryl methyl sites for hydroxylation is 1. The third-order valence-electron chi connectivity index (χ3n) is 9.65.